The van der Waals surface area contributed by atoms with Crippen LogP contribution in [0.5, 0.6) is 0 Å². The van der Waals surface area contributed by atoms with E-state index in [4.69, 9.17) is 10.9 Å². The average molecular weight is 173 g/mol. The van der Waals surface area contributed by atoms with Crippen LogP contribution >= 0.6 is 0 Å². The first-order valence-electron chi connectivity index (χ1n) is 3.95. The van der Waals surface area contributed by atoms with Crippen molar-refractivity contribution in [1.29, 1.82) is 0 Å². The maximum absolute atomic E-state index is 9.57. The first-order valence-corrected chi connectivity index (χ1v) is 3.95. The normalized spacial score (nSPS) is 32.7. The van der Waals surface area contributed by atoms with Crippen LogP contribution in [0.2, 0.25) is 0 Å². The van der Waals surface area contributed by atoms with Gasteiger partial charge in [-0.2, -0.15) is 0 Å². The molecule has 12 heavy (non-hydrogen) atoms. The highest BCUT2D eigenvalue weighted by molar-refractivity contribution is 5.81. The minimum Gasteiger partial charge on any atom is -0.409 e. The number of nitrogens with zero attached hydrogens (tertiary/aromatic N) is 2. The Morgan fingerprint density at radius 3 is 2.83 bits per heavy atom. The van der Waals surface area contributed by atoms with Crippen molar-refractivity contribution in [3.63, 3.8) is 0 Å². The van der Waals surface area contributed by atoms with Gasteiger partial charge in [-0.1, -0.05) is 5.16 Å². The van der Waals surface area contributed by atoms with Crippen molar-refractivity contribution in [2.45, 2.75) is 18.9 Å². The molecular weight excluding hydrogens is 158 g/mol. The summed E-state index contributed by atoms with van der Waals surface area (Å²) >= 11 is 0. The van der Waals surface area contributed by atoms with Crippen LogP contribution < -0.4 is 5.73 Å². The first kappa shape index (κ1) is 9.28. The summed E-state index contributed by atoms with van der Waals surface area (Å²) in [5, 5.41) is 20.7. The molecule has 0 aromatic carbocycles. The molecule has 5 heteroatoms. The van der Waals surface area contributed by atoms with E-state index in [1.807, 2.05) is 4.90 Å². The standard InChI is InChI=1S/C7H15N3O2/c1-7(11)2-3-10(5-7)4-6(8)9-12/h11-12H,2-5H2,1H3,(H2,8,9). The molecule has 0 radical (unpaired) electrons. The van der Waals surface area contributed by atoms with E-state index in [0.717, 1.165) is 13.0 Å². The number of aliphatic hydroxyl groups is 1. The average Bonchev–Trinajstić information content (AvgIpc) is 2.30. The van der Waals surface area contributed by atoms with Crippen molar-refractivity contribution in [2.75, 3.05) is 19.6 Å². The maximum atomic E-state index is 9.57. The number of rotatable bonds is 2. The molecule has 4 N–H and O–H groups in total. The Labute approximate surface area is 71.5 Å². The summed E-state index contributed by atoms with van der Waals surface area (Å²) in [6.45, 7) is 3.60. The zero-order valence-corrected chi connectivity index (χ0v) is 7.19. The Kier molecular flexibility index (Phi) is 2.54. The Bertz CT molecular complexity index is 191. The zero-order chi connectivity index (χ0) is 9.19. The quantitative estimate of drug-likeness (QED) is 0.221. The van der Waals surface area contributed by atoms with Gasteiger partial charge in [-0.15, -0.1) is 0 Å². The summed E-state index contributed by atoms with van der Waals surface area (Å²) < 4.78 is 0. The van der Waals surface area contributed by atoms with Gasteiger partial charge in [0, 0.05) is 13.1 Å². The van der Waals surface area contributed by atoms with E-state index in [1.54, 1.807) is 6.92 Å². The molecule has 0 amide bonds. The number of β-amino-alcohol motifs (C(OH)–C–C–N with tert-alkyl or cyclic N) is 1. The van der Waals surface area contributed by atoms with Gasteiger partial charge >= 0.3 is 0 Å². The van der Waals surface area contributed by atoms with Crippen LogP contribution in [0.4, 0.5) is 0 Å². The molecule has 1 aliphatic rings. The molecule has 1 aliphatic heterocycles. The molecule has 0 saturated carbocycles. The summed E-state index contributed by atoms with van der Waals surface area (Å²) in [4.78, 5) is 1.95. The van der Waals surface area contributed by atoms with Crippen LogP contribution in [0.1, 0.15) is 13.3 Å². The van der Waals surface area contributed by atoms with Crippen LogP contribution in [-0.2, 0) is 0 Å². The Balaban J connectivity index is 2.38. The zero-order valence-electron chi connectivity index (χ0n) is 7.19. The largest absolute Gasteiger partial charge is 0.409 e. The number of amidine groups is 1. The molecular formula is C7H15N3O2. The minimum atomic E-state index is -0.615. The molecule has 1 saturated heterocycles. The topological polar surface area (TPSA) is 82.1 Å². The van der Waals surface area contributed by atoms with Gasteiger partial charge in [-0.05, 0) is 13.3 Å². The summed E-state index contributed by atoms with van der Waals surface area (Å²) in [6, 6.07) is 0. The number of oxime groups is 1. The van der Waals surface area contributed by atoms with Gasteiger partial charge in [0.2, 0.25) is 0 Å². The third-order valence-corrected chi connectivity index (χ3v) is 2.04. The van der Waals surface area contributed by atoms with Crippen molar-refractivity contribution in [2.24, 2.45) is 10.9 Å². The predicted molar refractivity (Wildman–Crippen MR) is 45.1 cm³/mol. The second-order valence-electron chi connectivity index (χ2n) is 3.55. The molecule has 1 unspecified atom stereocenters. The molecule has 1 atom stereocenters. The highest BCUT2D eigenvalue weighted by atomic mass is 16.4. The van der Waals surface area contributed by atoms with Crippen molar-refractivity contribution >= 4 is 5.84 Å². The molecule has 0 aromatic rings. The molecule has 1 rings (SSSR count). The van der Waals surface area contributed by atoms with Gasteiger partial charge in [0.05, 0.1) is 12.1 Å². The van der Waals surface area contributed by atoms with Crippen molar-refractivity contribution in [1.82, 2.24) is 4.90 Å². The smallest absolute Gasteiger partial charge is 0.153 e. The Hall–Kier alpha value is -0.810. The highest BCUT2D eigenvalue weighted by Gasteiger charge is 2.31. The van der Waals surface area contributed by atoms with Gasteiger partial charge < -0.3 is 16.0 Å². The number of hydrogen-bond donors (Lipinski definition) is 3. The third kappa shape index (κ3) is 2.35. The van der Waals surface area contributed by atoms with Gasteiger partial charge in [0.15, 0.2) is 5.84 Å². The van der Waals surface area contributed by atoms with E-state index in [2.05, 4.69) is 5.16 Å². The van der Waals surface area contributed by atoms with Crippen molar-refractivity contribution in [3.8, 4) is 0 Å². The maximum Gasteiger partial charge on any atom is 0.153 e. The molecule has 0 bridgehead atoms. The third-order valence-electron chi connectivity index (χ3n) is 2.04. The lowest BCUT2D eigenvalue weighted by Crippen LogP contribution is -2.35. The van der Waals surface area contributed by atoms with E-state index < -0.39 is 5.60 Å². The Morgan fingerprint density at radius 1 is 1.75 bits per heavy atom. The predicted octanol–water partition coefficient (Wildman–Crippen LogP) is -0.810. The molecule has 0 aromatic heterocycles. The lowest BCUT2D eigenvalue weighted by Gasteiger charge is -2.17. The minimum absolute atomic E-state index is 0.188. The summed E-state index contributed by atoms with van der Waals surface area (Å²) in [5.74, 6) is 0.188. The number of nitrogens with two attached hydrogens (primary N) is 1. The highest BCUT2D eigenvalue weighted by Crippen LogP contribution is 2.19. The van der Waals surface area contributed by atoms with Gasteiger partial charge in [-0.25, -0.2) is 0 Å². The summed E-state index contributed by atoms with van der Waals surface area (Å²) in [5.41, 5.74) is 4.70. The summed E-state index contributed by atoms with van der Waals surface area (Å²) in [7, 11) is 0. The monoisotopic (exact) mass is 173 g/mol. The fourth-order valence-corrected chi connectivity index (χ4v) is 1.43. The van der Waals surface area contributed by atoms with E-state index in [0.29, 0.717) is 13.1 Å². The van der Waals surface area contributed by atoms with Crippen LogP contribution in [0.25, 0.3) is 0 Å². The van der Waals surface area contributed by atoms with Crippen LogP contribution in [0, 0.1) is 0 Å². The summed E-state index contributed by atoms with van der Waals surface area (Å²) in [6.07, 6.45) is 0.742. The second kappa shape index (κ2) is 3.28. The van der Waals surface area contributed by atoms with E-state index >= 15 is 0 Å². The molecule has 0 spiro atoms. The van der Waals surface area contributed by atoms with Crippen molar-refractivity contribution < 1.29 is 10.3 Å². The second-order valence-corrected chi connectivity index (χ2v) is 3.55. The fourth-order valence-electron chi connectivity index (χ4n) is 1.43. The lowest BCUT2D eigenvalue weighted by molar-refractivity contribution is 0.0706. The molecule has 70 valence electrons. The molecule has 0 aliphatic carbocycles. The number of likely N-dealkylation sites (tertiary alicyclic amines) is 1. The molecule has 1 fully saturated rings. The fraction of sp³-hybridized carbons (Fsp3) is 0.857. The first-order chi connectivity index (χ1) is 5.53. The molecule has 1 heterocycles. The molecule has 5 nitrogen and oxygen atoms in total. The van der Waals surface area contributed by atoms with Crippen LogP contribution in [-0.4, -0.2) is 46.3 Å². The van der Waals surface area contributed by atoms with Crippen molar-refractivity contribution in [3.05, 3.63) is 0 Å². The van der Waals surface area contributed by atoms with Crippen LogP contribution in [0.15, 0.2) is 5.16 Å². The van der Waals surface area contributed by atoms with E-state index in [1.165, 1.54) is 0 Å². The van der Waals surface area contributed by atoms with E-state index in [9.17, 15) is 5.11 Å². The SMILES string of the molecule is CC1(O)CCN(CC(N)=NO)C1. The van der Waals surface area contributed by atoms with E-state index in [-0.39, 0.29) is 5.84 Å². The van der Waals surface area contributed by atoms with Gasteiger partial charge in [0.1, 0.15) is 0 Å². The Morgan fingerprint density at radius 2 is 2.42 bits per heavy atom. The van der Waals surface area contributed by atoms with Crippen LogP contribution in [0.3, 0.4) is 0 Å². The van der Waals surface area contributed by atoms with Gasteiger partial charge in [0.25, 0.3) is 0 Å². The number of hydrogen-bond acceptors (Lipinski definition) is 4. The van der Waals surface area contributed by atoms with Gasteiger partial charge in [-0.3, -0.25) is 4.90 Å². The lowest BCUT2D eigenvalue weighted by atomic mass is 10.1.